The number of nitrogens with one attached hydrogen (secondary N) is 2. The van der Waals surface area contributed by atoms with Crippen molar-refractivity contribution >= 4 is 6.03 Å². The molecule has 0 aliphatic carbocycles. The minimum atomic E-state index is -2.52. The van der Waals surface area contributed by atoms with Gasteiger partial charge in [0.1, 0.15) is 12.4 Å². The SMILES string of the molecule is C[C@H](CCO)NC(=O)NCc1cccc(OCC(F)F)c1. The molecule has 1 aromatic carbocycles. The summed E-state index contributed by atoms with van der Waals surface area (Å²) in [5.74, 6) is 0.337. The Morgan fingerprint density at radius 2 is 2.19 bits per heavy atom. The number of amides is 2. The van der Waals surface area contributed by atoms with Gasteiger partial charge in [0.25, 0.3) is 6.43 Å². The molecule has 0 spiro atoms. The van der Waals surface area contributed by atoms with Crippen molar-refractivity contribution in [3.8, 4) is 5.75 Å². The van der Waals surface area contributed by atoms with E-state index < -0.39 is 13.0 Å². The molecular formula is C14H20F2N2O3. The fourth-order valence-corrected chi connectivity index (χ4v) is 1.63. The third kappa shape index (κ3) is 7.45. The maximum absolute atomic E-state index is 12.1. The maximum atomic E-state index is 12.1. The predicted octanol–water partition coefficient (Wildman–Crippen LogP) is 1.90. The average Bonchev–Trinajstić information content (AvgIpc) is 2.43. The first-order chi connectivity index (χ1) is 10.0. The van der Waals surface area contributed by atoms with Crippen molar-refractivity contribution in [1.29, 1.82) is 0 Å². The van der Waals surface area contributed by atoms with E-state index in [0.717, 1.165) is 5.56 Å². The second-order valence-electron chi connectivity index (χ2n) is 4.59. The molecule has 0 aliphatic heterocycles. The van der Waals surface area contributed by atoms with Crippen molar-refractivity contribution in [3.05, 3.63) is 29.8 Å². The number of aliphatic hydroxyl groups excluding tert-OH is 1. The van der Waals surface area contributed by atoms with Gasteiger partial charge in [-0.1, -0.05) is 12.1 Å². The van der Waals surface area contributed by atoms with Crippen LogP contribution < -0.4 is 15.4 Å². The summed E-state index contributed by atoms with van der Waals surface area (Å²) in [5, 5.41) is 14.0. The van der Waals surface area contributed by atoms with Crippen molar-refractivity contribution in [1.82, 2.24) is 10.6 Å². The molecule has 0 heterocycles. The van der Waals surface area contributed by atoms with Gasteiger partial charge in [0.2, 0.25) is 0 Å². The maximum Gasteiger partial charge on any atom is 0.315 e. The molecule has 1 aromatic rings. The van der Waals surface area contributed by atoms with Crippen LogP contribution in [-0.2, 0) is 6.54 Å². The number of halogens is 2. The van der Waals surface area contributed by atoms with Crippen LogP contribution >= 0.6 is 0 Å². The molecule has 1 atom stereocenters. The van der Waals surface area contributed by atoms with E-state index in [0.29, 0.717) is 12.2 Å². The summed E-state index contributed by atoms with van der Waals surface area (Å²) in [6.45, 7) is 1.39. The molecule has 1 rings (SSSR count). The monoisotopic (exact) mass is 302 g/mol. The molecule has 0 saturated heterocycles. The molecule has 5 nitrogen and oxygen atoms in total. The summed E-state index contributed by atoms with van der Waals surface area (Å²) in [7, 11) is 0. The molecular weight excluding hydrogens is 282 g/mol. The number of hydrogen-bond donors (Lipinski definition) is 3. The first-order valence-corrected chi connectivity index (χ1v) is 6.66. The van der Waals surface area contributed by atoms with Gasteiger partial charge in [0.15, 0.2) is 0 Å². The first-order valence-electron chi connectivity index (χ1n) is 6.66. The van der Waals surface area contributed by atoms with Crippen LogP contribution in [0.15, 0.2) is 24.3 Å². The zero-order valence-electron chi connectivity index (χ0n) is 11.8. The van der Waals surface area contributed by atoms with Gasteiger partial charge in [-0.3, -0.25) is 0 Å². The first kappa shape index (κ1) is 17.2. The number of carbonyl (C=O) groups is 1. The number of aliphatic hydroxyl groups is 1. The molecule has 21 heavy (non-hydrogen) atoms. The lowest BCUT2D eigenvalue weighted by Gasteiger charge is -2.13. The van der Waals surface area contributed by atoms with Gasteiger partial charge in [-0.2, -0.15) is 0 Å². The highest BCUT2D eigenvalue weighted by Gasteiger charge is 2.07. The summed E-state index contributed by atoms with van der Waals surface area (Å²) >= 11 is 0. The number of hydrogen-bond acceptors (Lipinski definition) is 3. The van der Waals surface area contributed by atoms with Crippen LogP contribution in [0.5, 0.6) is 5.75 Å². The summed E-state index contributed by atoms with van der Waals surface area (Å²) in [4.78, 5) is 11.6. The second-order valence-corrected chi connectivity index (χ2v) is 4.59. The van der Waals surface area contributed by atoms with Gasteiger partial charge in [0.05, 0.1) is 0 Å². The Labute approximate surface area is 122 Å². The van der Waals surface area contributed by atoms with E-state index in [1.807, 2.05) is 0 Å². The lowest BCUT2D eigenvalue weighted by atomic mass is 10.2. The summed E-state index contributed by atoms with van der Waals surface area (Å²) in [6, 6.07) is 6.12. The number of carbonyl (C=O) groups excluding carboxylic acids is 1. The van der Waals surface area contributed by atoms with Crippen LogP contribution in [0.1, 0.15) is 18.9 Å². The van der Waals surface area contributed by atoms with Crippen LogP contribution in [0, 0.1) is 0 Å². The topological polar surface area (TPSA) is 70.6 Å². The molecule has 0 aromatic heterocycles. The smallest absolute Gasteiger partial charge is 0.315 e. The Morgan fingerprint density at radius 1 is 1.43 bits per heavy atom. The minimum Gasteiger partial charge on any atom is -0.488 e. The minimum absolute atomic E-state index is 0.00493. The van der Waals surface area contributed by atoms with Crippen LogP contribution in [0.3, 0.4) is 0 Å². The van der Waals surface area contributed by atoms with E-state index in [1.54, 1.807) is 31.2 Å². The summed E-state index contributed by atoms with van der Waals surface area (Å²) in [5.41, 5.74) is 0.742. The third-order valence-electron chi connectivity index (χ3n) is 2.67. The Hall–Kier alpha value is -1.89. The summed E-state index contributed by atoms with van der Waals surface area (Å²) < 4.78 is 29.0. The van der Waals surface area contributed by atoms with E-state index in [-0.39, 0.29) is 25.2 Å². The molecule has 0 fully saturated rings. The predicted molar refractivity (Wildman–Crippen MR) is 74.5 cm³/mol. The fourth-order valence-electron chi connectivity index (χ4n) is 1.63. The lowest BCUT2D eigenvalue weighted by molar-refractivity contribution is 0.0818. The van der Waals surface area contributed by atoms with Crippen molar-refractivity contribution in [2.75, 3.05) is 13.2 Å². The van der Waals surface area contributed by atoms with Gasteiger partial charge >= 0.3 is 6.03 Å². The molecule has 0 aliphatic rings. The van der Waals surface area contributed by atoms with Crippen LogP contribution in [0.2, 0.25) is 0 Å². The van der Waals surface area contributed by atoms with Crippen molar-refractivity contribution in [2.24, 2.45) is 0 Å². The van der Waals surface area contributed by atoms with Gasteiger partial charge in [-0.15, -0.1) is 0 Å². The zero-order valence-corrected chi connectivity index (χ0v) is 11.8. The van der Waals surface area contributed by atoms with E-state index in [9.17, 15) is 13.6 Å². The Kier molecular flexibility index (Phi) is 7.45. The Bertz CT molecular complexity index is 444. The van der Waals surface area contributed by atoms with Gasteiger partial charge in [-0.25, -0.2) is 13.6 Å². The molecule has 3 N–H and O–H groups in total. The largest absolute Gasteiger partial charge is 0.488 e. The van der Waals surface area contributed by atoms with Crippen molar-refractivity contribution in [3.63, 3.8) is 0 Å². The standard InChI is InChI=1S/C14H20F2N2O3/c1-10(5-6-19)18-14(20)17-8-11-3-2-4-12(7-11)21-9-13(15)16/h2-4,7,10,13,19H,5-6,8-9H2,1H3,(H2,17,18,20)/t10-/m1/s1. The number of urea groups is 1. The Balaban J connectivity index is 2.40. The van der Waals surface area contributed by atoms with E-state index in [2.05, 4.69) is 10.6 Å². The van der Waals surface area contributed by atoms with E-state index in [1.165, 1.54) is 0 Å². The highest BCUT2D eigenvalue weighted by Crippen LogP contribution is 2.14. The fraction of sp³-hybridized carbons (Fsp3) is 0.500. The van der Waals surface area contributed by atoms with Crippen LogP contribution in [0.4, 0.5) is 13.6 Å². The normalized spacial score (nSPS) is 12.0. The van der Waals surface area contributed by atoms with Crippen LogP contribution in [0.25, 0.3) is 0 Å². The van der Waals surface area contributed by atoms with Crippen molar-refractivity contribution < 1.29 is 23.4 Å². The molecule has 0 unspecified atom stereocenters. The van der Waals surface area contributed by atoms with Gasteiger partial charge in [0, 0.05) is 19.2 Å². The highest BCUT2D eigenvalue weighted by molar-refractivity contribution is 5.74. The number of alkyl halides is 2. The highest BCUT2D eigenvalue weighted by atomic mass is 19.3. The van der Waals surface area contributed by atoms with E-state index in [4.69, 9.17) is 9.84 Å². The van der Waals surface area contributed by atoms with E-state index >= 15 is 0 Å². The Morgan fingerprint density at radius 3 is 2.86 bits per heavy atom. The third-order valence-corrected chi connectivity index (χ3v) is 2.67. The van der Waals surface area contributed by atoms with Gasteiger partial charge < -0.3 is 20.5 Å². The van der Waals surface area contributed by atoms with Crippen LogP contribution in [-0.4, -0.2) is 36.8 Å². The molecule has 0 bridgehead atoms. The zero-order chi connectivity index (χ0) is 15.7. The molecule has 2 amide bonds. The molecule has 7 heteroatoms. The number of ether oxygens (including phenoxy) is 1. The second kappa shape index (κ2) is 9.12. The van der Waals surface area contributed by atoms with Gasteiger partial charge in [-0.05, 0) is 31.0 Å². The number of benzene rings is 1. The van der Waals surface area contributed by atoms with Crippen molar-refractivity contribution in [2.45, 2.75) is 32.4 Å². The lowest BCUT2D eigenvalue weighted by Crippen LogP contribution is -2.40. The average molecular weight is 302 g/mol. The quantitative estimate of drug-likeness (QED) is 0.687. The summed E-state index contributed by atoms with van der Waals surface area (Å²) in [6.07, 6.45) is -2.05. The number of rotatable bonds is 8. The molecule has 0 radical (unpaired) electrons. The molecule has 118 valence electrons. The molecule has 0 saturated carbocycles.